The Morgan fingerprint density at radius 1 is 0.959 bits per heavy atom. The molecule has 4 aliphatic rings. The number of nitrogens with zero attached hydrogens (tertiary/aromatic N) is 7. The zero-order valence-corrected chi connectivity index (χ0v) is 27.4. The number of nitrogens with one attached hydrogen (secondary N) is 1. The number of phenols is 1. The van der Waals surface area contributed by atoms with Crippen molar-refractivity contribution >= 4 is 29.0 Å². The van der Waals surface area contributed by atoms with Crippen LogP contribution in [0.25, 0.3) is 16.9 Å². The van der Waals surface area contributed by atoms with Crippen molar-refractivity contribution in [3.63, 3.8) is 0 Å². The minimum Gasteiger partial charge on any atom is -0.507 e. The number of aromatic hydroxyl groups is 1. The lowest BCUT2D eigenvalue weighted by molar-refractivity contribution is -0.134. The zero-order valence-electron chi connectivity index (χ0n) is 27.4. The van der Waals surface area contributed by atoms with Crippen LogP contribution < -0.4 is 25.6 Å². The average Bonchev–Trinajstić information content (AvgIpc) is 3.80. The largest absolute Gasteiger partial charge is 0.507 e. The number of carbonyl (C=O) groups is 2. The van der Waals surface area contributed by atoms with Crippen molar-refractivity contribution in [3.8, 4) is 28.4 Å². The molecule has 0 unspecified atom stereocenters. The Labute approximate surface area is 284 Å². The van der Waals surface area contributed by atoms with E-state index in [4.69, 9.17) is 10.5 Å². The highest BCUT2D eigenvalue weighted by Crippen LogP contribution is 2.43. The molecule has 3 fully saturated rings. The van der Waals surface area contributed by atoms with E-state index in [1.807, 2.05) is 24.5 Å². The van der Waals surface area contributed by atoms with Gasteiger partial charge in [-0.25, -0.2) is 4.68 Å². The van der Waals surface area contributed by atoms with E-state index in [-0.39, 0.29) is 29.4 Å². The van der Waals surface area contributed by atoms with Gasteiger partial charge in [-0.15, -0.1) is 10.2 Å². The van der Waals surface area contributed by atoms with Gasteiger partial charge in [0, 0.05) is 49.6 Å². The van der Waals surface area contributed by atoms with Crippen LogP contribution >= 0.6 is 0 Å². The molecule has 0 saturated carbocycles. The molecule has 3 saturated heterocycles. The summed E-state index contributed by atoms with van der Waals surface area (Å²) < 4.78 is 7.99. The topological polar surface area (TPSA) is 155 Å². The van der Waals surface area contributed by atoms with Crippen LogP contribution in [0.4, 0.5) is 17.2 Å². The minimum atomic E-state index is -0.343. The van der Waals surface area contributed by atoms with Crippen LogP contribution in [0.15, 0.2) is 60.9 Å². The predicted octanol–water partition coefficient (Wildman–Crippen LogP) is 3.33. The van der Waals surface area contributed by atoms with E-state index >= 15 is 0 Å². The Bertz CT molecular complexity index is 1870. The molecule has 0 bridgehead atoms. The summed E-state index contributed by atoms with van der Waals surface area (Å²) in [6.45, 7) is 6.21. The van der Waals surface area contributed by atoms with Gasteiger partial charge in [0.05, 0.1) is 36.0 Å². The van der Waals surface area contributed by atoms with Gasteiger partial charge in [-0.3, -0.25) is 14.9 Å². The molecule has 49 heavy (non-hydrogen) atoms. The number of amides is 2. The van der Waals surface area contributed by atoms with Gasteiger partial charge < -0.3 is 30.3 Å². The van der Waals surface area contributed by atoms with Gasteiger partial charge in [0.15, 0.2) is 5.82 Å². The van der Waals surface area contributed by atoms with Crippen LogP contribution in [0, 0.1) is 5.92 Å². The third-order valence-electron chi connectivity index (χ3n) is 10.5. The molecule has 2 amide bonds. The Morgan fingerprint density at radius 3 is 2.65 bits per heavy atom. The number of carbonyl (C=O) groups excluding carboxylic acids is 2. The Balaban J connectivity index is 0.879. The number of nitrogens with two attached hydrogens (primary N) is 1. The summed E-state index contributed by atoms with van der Waals surface area (Å²) in [5.41, 5.74) is 11.2. The van der Waals surface area contributed by atoms with Crippen molar-refractivity contribution in [2.24, 2.45) is 5.92 Å². The first-order chi connectivity index (χ1) is 23.9. The van der Waals surface area contributed by atoms with Gasteiger partial charge >= 0.3 is 0 Å². The van der Waals surface area contributed by atoms with Crippen LogP contribution in [0.2, 0.25) is 0 Å². The Kier molecular flexibility index (Phi) is 8.28. The molecule has 4 aliphatic heterocycles. The zero-order chi connectivity index (χ0) is 33.5. The summed E-state index contributed by atoms with van der Waals surface area (Å²) in [7, 11) is 0. The summed E-state index contributed by atoms with van der Waals surface area (Å²) >= 11 is 0. The van der Waals surface area contributed by atoms with Gasteiger partial charge in [-0.05, 0) is 62.4 Å². The molecule has 2 aromatic heterocycles. The fourth-order valence-corrected chi connectivity index (χ4v) is 7.91. The van der Waals surface area contributed by atoms with Gasteiger partial charge in [-0.1, -0.05) is 24.3 Å². The molecule has 13 nitrogen and oxygen atoms in total. The van der Waals surface area contributed by atoms with E-state index in [2.05, 4.69) is 47.4 Å². The fraction of sp³-hybridized carbons (Fsp3) is 0.417. The average molecular weight is 664 g/mol. The number of piperidine rings is 2. The lowest BCUT2D eigenvalue weighted by atomic mass is 9.94. The maximum Gasteiger partial charge on any atom is 0.249 e. The SMILES string of the molecule is Nc1nnc(-c2ccccc2O)cc1-n1cc(N2CCC(CN3CC[C@@H](c4cccc5c4OCCN5[C@@H]4CCC(=O)NC4=O)C3)CC2)cn1. The van der Waals surface area contributed by atoms with E-state index in [9.17, 15) is 14.7 Å². The van der Waals surface area contributed by atoms with Crippen molar-refractivity contribution in [2.75, 3.05) is 61.4 Å². The molecule has 2 aromatic carbocycles. The van der Waals surface area contributed by atoms with Crippen molar-refractivity contribution in [3.05, 3.63) is 66.5 Å². The highest BCUT2D eigenvalue weighted by Gasteiger charge is 2.37. The van der Waals surface area contributed by atoms with E-state index in [1.54, 1.807) is 28.9 Å². The predicted molar refractivity (Wildman–Crippen MR) is 185 cm³/mol. The number of likely N-dealkylation sites (tertiary alicyclic amines) is 1. The van der Waals surface area contributed by atoms with Crippen LogP contribution in [-0.2, 0) is 9.59 Å². The number of hydrogen-bond donors (Lipinski definition) is 3. The van der Waals surface area contributed by atoms with Crippen LogP contribution in [0.1, 0.15) is 43.6 Å². The van der Waals surface area contributed by atoms with Crippen molar-refractivity contribution in [2.45, 2.75) is 44.1 Å². The number of aromatic nitrogens is 4. The second-order valence-corrected chi connectivity index (χ2v) is 13.5. The van der Waals surface area contributed by atoms with E-state index in [0.717, 1.165) is 69.1 Å². The molecule has 0 aliphatic carbocycles. The number of ether oxygens (including phenoxy) is 1. The standard InChI is InChI=1S/C36H41N9O4/c37-35-31(18-28(40-41-35)27-4-1-2-7-32(27)46)45-22-25(19-38-45)43-14-10-23(11-15-43)20-42-13-12-24(21-42)26-5-3-6-29-34(26)49-17-16-44(29)30-8-9-33(47)39-36(30)48/h1-7,18-19,22-24,30,46H,8-17,20-21H2,(H2,37,41)(H,39,47,48)/t24-,30-/m1/s1. The molecule has 2 atom stereocenters. The first kappa shape index (κ1) is 31.1. The first-order valence-electron chi connectivity index (χ1n) is 17.2. The molecular formula is C36H41N9O4. The summed E-state index contributed by atoms with van der Waals surface area (Å²) in [6, 6.07) is 14.8. The van der Waals surface area contributed by atoms with Crippen molar-refractivity contribution in [1.82, 2.24) is 30.2 Å². The molecule has 0 radical (unpaired) electrons. The molecule has 8 rings (SSSR count). The van der Waals surface area contributed by atoms with Crippen molar-refractivity contribution < 1.29 is 19.4 Å². The summed E-state index contributed by atoms with van der Waals surface area (Å²) in [4.78, 5) is 31.5. The number of hydrogen-bond acceptors (Lipinski definition) is 11. The third kappa shape index (κ3) is 6.14. The number of anilines is 3. The highest BCUT2D eigenvalue weighted by atomic mass is 16.5. The van der Waals surface area contributed by atoms with Crippen LogP contribution in [-0.4, -0.2) is 93.7 Å². The van der Waals surface area contributed by atoms with Crippen molar-refractivity contribution in [1.29, 1.82) is 0 Å². The van der Waals surface area contributed by atoms with E-state index < -0.39 is 0 Å². The van der Waals surface area contributed by atoms with Gasteiger partial charge in [0.25, 0.3) is 0 Å². The lowest BCUT2D eigenvalue weighted by Gasteiger charge is -2.39. The monoisotopic (exact) mass is 663 g/mol. The molecule has 4 aromatic rings. The molecule has 0 spiro atoms. The first-order valence-corrected chi connectivity index (χ1v) is 17.2. The lowest BCUT2D eigenvalue weighted by Crippen LogP contribution is -2.54. The number of benzene rings is 2. The molecule has 4 N–H and O–H groups in total. The van der Waals surface area contributed by atoms with E-state index in [0.29, 0.717) is 54.8 Å². The Hall–Kier alpha value is -5.17. The smallest absolute Gasteiger partial charge is 0.249 e. The summed E-state index contributed by atoms with van der Waals surface area (Å²) in [6.07, 6.45) is 8.04. The number of rotatable bonds is 7. The van der Waals surface area contributed by atoms with Gasteiger partial charge in [-0.2, -0.15) is 5.10 Å². The second kappa shape index (κ2) is 13.0. The maximum absolute atomic E-state index is 12.7. The van der Waals surface area contributed by atoms with Crippen LogP contribution in [0.3, 0.4) is 0 Å². The molecule has 13 heteroatoms. The third-order valence-corrected chi connectivity index (χ3v) is 10.5. The number of imide groups is 1. The maximum atomic E-state index is 12.7. The fourth-order valence-electron chi connectivity index (χ4n) is 7.91. The number of fused-ring (bicyclic) bond motifs is 1. The normalized spacial score (nSPS) is 21.8. The quantitative estimate of drug-likeness (QED) is 0.250. The van der Waals surface area contributed by atoms with Gasteiger partial charge in [0.1, 0.15) is 29.8 Å². The minimum absolute atomic E-state index is 0.132. The second-order valence-electron chi connectivity index (χ2n) is 13.5. The van der Waals surface area contributed by atoms with Crippen LogP contribution in [0.5, 0.6) is 11.5 Å². The highest BCUT2D eigenvalue weighted by molar-refractivity contribution is 6.02. The summed E-state index contributed by atoms with van der Waals surface area (Å²) in [5, 5.41) is 25.7. The van der Waals surface area contributed by atoms with Gasteiger partial charge in [0.2, 0.25) is 11.8 Å². The number of phenolic OH excluding ortho intramolecular Hbond substituents is 1. The summed E-state index contributed by atoms with van der Waals surface area (Å²) in [5.74, 6) is 1.90. The molecule has 254 valence electrons. The number of nitrogen functional groups attached to an aromatic ring is 1. The van der Waals surface area contributed by atoms with E-state index in [1.165, 1.54) is 5.56 Å². The molecule has 6 heterocycles. The number of para-hydroxylation sites is 2. The molecular weight excluding hydrogens is 622 g/mol. The Morgan fingerprint density at radius 2 is 1.82 bits per heavy atom.